The first kappa shape index (κ1) is 14.5. The Bertz CT molecular complexity index is 635. The lowest BCUT2D eigenvalue weighted by Crippen LogP contribution is -2.34. The number of benzene rings is 1. The zero-order chi connectivity index (χ0) is 15.4. The van der Waals surface area contributed by atoms with E-state index in [1.165, 1.54) is 0 Å². The average molecular weight is 299 g/mol. The Balaban J connectivity index is 1.69. The maximum absolute atomic E-state index is 12.1. The fourth-order valence-electron chi connectivity index (χ4n) is 2.29. The summed E-state index contributed by atoms with van der Waals surface area (Å²) in [4.78, 5) is 12.1. The third-order valence-corrected chi connectivity index (χ3v) is 3.56. The average Bonchev–Trinajstić information content (AvgIpc) is 3.08. The third-order valence-electron chi connectivity index (χ3n) is 3.56. The monoisotopic (exact) mass is 299 g/mol. The van der Waals surface area contributed by atoms with Gasteiger partial charge >= 0.3 is 0 Å². The van der Waals surface area contributed by atoms with Crippen molar-refractivity contribution in [2.24, 2.45) is 0 Å². The van der Waals surface area contributed by atoms with E-state index in [1.807, 2.05) is 18.2 Å². The van der Waals surface area contributed by atoms with Gasteiger partial charge in [-0.05, 0) is 24.6 Å². The van der Waals surface area contributed by atoms with Gasteiger partial charge in [-0.1, -0.05) is 12.1 Å². The fraction of sp³-hybridized carbons (Fsp3) is 0.312. The van der Waals surface area contributed by atoms with Crippen LogP contribution in [0.4, 0.5) is 0 Å². The molecule has 1 amide bonds. The van der Waals surface area contributed by atoms with Gasteiger partial charge in [0.25, 0.3) is 5.91 Å². The van der Waals surface area contributed by atoms with E-state index in [1.54, 1.807) is 25.3 Å². The van der Waals surface area contributed by atoms with Gasteiger partial charge < -0.3 is 14.8 Å². The van der Waals surface area contributed by atoms with Crippen LogP contribution in [0.3, 0.4) is 0 Å². The molecular formula is C16H17N3O3. The number of hydrogen-bond donors (Lipinski definition) is 1. The number of ether oxygens (including phenoxy) is 2. The molecule has 22 heavy (non-hydrogen) atoms. The third kappa shape index (κ3) is 3.23. The SMILES string of the molecule is COc1ccc(-c2ccc(C(=O)NC3CCOC3)cc2)nn1. The molecule has 114 valence electrons. The Labute approximate surface area is 128 Å². The van der Waals surface area contributed by atoms with Crippen LogP contribution in [0.2, 0.25) is 0 Å². The molecule has 1 saturated heterocycles. The van der Waals surface area contributed by atoms with Crippen LogP contribution in [0.1, 0.15) is 16.8 Å². The van der Waals surface area contributed by atoms with Gasteiger partial charge in [0.05, 0.1) is 25.5 Å². The van der Waals surface area contributed by atoms with Crippen LogP contribution in [-0.2, 0) is 4.74 Å². The molecule has 1 aromatic carbocycles. The molecule has 0 bridgehead atoms. The highest BCUT2D eigenvalue weighted by molar-refractivity contribution is 5.94. The summed E-state index contributed by atoms with van der Waals surface area (Å²) in [5.74, 6) is 0.390. The largest absolute Gasteiger partial charge is 0.480 e. The zero-order valence-electron chi connectivity index (χ0n) is 12.3. The molecule has 6 heteroatoms. The van der Waals surface area contributed by atoms with E-state index in [-0.39, 0.29) is 11.9 Å². The Morgan fingerprint density at radius 3 is 2.64 bits per heavy atom. The second kappa shape index (κ2) is 6.53. The molecule has 0 radical (unpaired) electrons. The van der Waals surface area contributed by atoms with Crippen LogP contribution in [-0.4, -0.2) is 42.5 Å². The van der Waals surface area contributed by atoms with E-state index in [0.29, 0.717) is 24.7 Å². The Morgan fingerprint density at radius 1 is 1.23 bits per heavy atom. The second-order valence-electron chi connectivity index (χ2n) is 5.07. The highest BCUT2D eigenvalue weighted by atomic mass is 16.5. The number of amides is 1. The van der Waals surface area contributed by atoms with E-state index >= 15 is 0 Å². The maximum atomic E-state index is 12.1. The lowest BCUT2D eigenvalue weighted by atomic mass is 10.1. The summed E-state index contributed by atoms with van der Waals surface area (Å²) >= 11 is 0. The van der Waals surface area contributed by atoms with Crippen molar-refractivity contribution in [2.45, 2.75) is 12.5 Å². The van der Waals surface area contributed by atoms with Gasteiger partial charge in [0.2, 0.25) is 5.88 Å². The van der Waals surface area contributed by atoms with Crippen LogP contribution in [0.5, 0.6) is 5.88 Å². The predicted molar refractivity (Wildman–Crippen MR) is 80.7 cm³/mol. The van der Waals surface area contributed by atoms with Crippen molar-refractivity contribution < 1.29 is 14.3 Å². The zero-order valence-corrected chi connectivity index (χ0v) is 12.3. The van der Waals surface area contributed by atoms with E-state index in [4.69, 9.17) is 9.47 Å². The van der Waals surface area contributed by atoms with Gasteiger partial charge in [-0.2, -0.15) is 0 Å². The van der Waals surface area contributed by atoms with Crippen LogP contribution in [0, 0.1) is 0 Å². The first-order valence-electron chi connectivity index (χ1n) is 7.13. The number of carbonyl (C=O) groups excluding carboxylic acids is 1. The van der Waals surface area contributed by atoms with Gasteiger partial charge in [0, 0.05) is 23.8 Å². The molecule has 0 aliphatic carbocycles. The maximum Gasteiger partial charge on any atom is 0.251 e. The van der Waals surface area contributed by atoms with Crippen molar-refractivity contribution >= 4 is 5.91 Å². The van der Waals surface area contributed by atoms with Crippen molar-refractivity contribution in [1.29, 1.82) is 0 Å². The Morgan fingerprint density at radius 2 is 2.05 bits per heavy atom. The first-order valence-corrected chi connectivity index (χ1v) is 7.13. The topological polar surface area (TPSA) is 73.3 Å². The van der Waals surface area contributed by atoms with Crippen LogP contribution >= 0.6 is 0 Å². The van der Waals surface area contributed by atoms with Gasteiger partial charge in [0.15, 0.2) is 0 Å². The number of nitrogens with one attached hydrogen (secondary N) is 1. The highest BCUT2D eigenvalue weighted by Gasteiger charge is 2.18. The van der Waals surface area contributed by atoms with E-state index in [2.05, 4.69) is 15.5 Å². The molecule has 1 aliphatic heterocycles. The summed E-state index contributed by atoms with van der Waals surface area (Å²) in [7, 11) is 1.55. The molecule has 1 fully saturated rings. The Kier molecular flexibility index (Phi) is 4.29. The molecular weight excluding hydrogens is 282 g/mol. The van der Waals surface area contributed by atoms with Gasteiger partial charge in [-0.3, -0.25) is 4.79 Å². The van der Waals surface area contributed by atoms with Gasteiger partial charge in [0.1, 0.15) is 0 Å². The summed E-state index contributed by atoms with van der Waals surface area (Å²) in [5, 5.41) is 11.0. The standard InChI is InChI=1S/C16H17N3O3/c1-21-15-7-6-14(18-19-15)11-2-4-12(5-3-11)16(20)17-13-8-9-22-10-13/h2-7,13H,8-10H2,1H3,(H,17,20). The van der Waals surface area contributed by atoms with Gasteiger partial charge in [-0.25, -0.2) is 0 Å². The summed E-state index contributed by atoms with van der Waals surface area (Å²) in [6.07, 6.45) is 0.866. The lowest BCUT2D eigenvalue weighted by Gasteiger charge is -2.10. The van der Waals surface area contributed by atoms with E-state index in [0.717, 1.165) is 17.7 Å². The summed E-state index contributed by atoms with van der Waals surface area (Å²) in [6, 6.07) is 11.0. The van der Waals surface area contributed by atoms with Crippen LogP contribution < -0.4 is 10.1 Å². The summed E-state index contributed by atoms with van der Waals surface area (Å²) in [5.41, 5.74) is 2.25. The van der Waals surface area contributed by atoms with Crippen LogP contribution in [0.25, 0.3) is 11.3 Å². The van der Waals surface area contributed by atoms with Crippen LogP contribution in [0.15, 0.2) is 36.4 Å². The molecule has 1 unspecified atom stereocenters. The highest BCUT2D eigenvalue weighted by Crippen LogP contribution is 2.18. The van der Waals surface area contributed by atoms with Crippen molar-refractivity contribution in [2.75, 3.05) is 20.3 Å². The number of rotatable bonds is 4. The van der Waals surface area contributed by atoms with E-state index < -0.39 is 0 Å². The number of carbonyl (C=O) groups is 1. The minimum absolute atomic E-state index is 0.0807. The van der Waals surface area contributed by atoms with Gasteiger partial charge in [-0.15, -0.1) is 10.2 Å². The normalized spacial score (nSPS) is 17.2. The number of aromatic nitrogens is 2. The Hall–Kier alpha value is -2.47. The predicted octanol–water partition coefficient (Wildman–Crippen LogP) is 1.67. The second-order valence-corrected chi connectivity index (χ2v) is 5.07. The minimum atomic E-state index is -0.0807. The minimum Gasteiger partial charge on any atom is -0.480 e. The molecule has 6 nitrogen and oxygen atoms in total. The lowest BCUT2D eigenvalue weighted by molar-refractivity contribution is 0.0930. The summed E-state index contributed by atoms with van der Waals surface area (Å²) < 4.78 is 10.2. The van der Waals surface area contributed by atoms with Crippen molar-refractivity contribution in [1.82, 2.24) is 15.5 Å². The summed E-state index contributed by atoms with van der Waals surface area (Å²) in [6.45, 7) is 1.30. The molecule has 1 N–H and O–H groups in total. The molecule has 0 saturated carbocycles. The smallest absolute Gasteiger partial charge is 0.251 e. The quantitative estimate of drug-likeness (QED) is 0.929. The molecule has 1 aromatic heterocycles. The molecule has 2 heterocycles. The molecule has 3 rings (SSSR count). The molecule has 2 aromatic rings. The van der Waals surface area contributed by atoms with E-state index in [9.17, 15) is 4.79 Å². The number of hydrogen-bond acceptors (Lipinski definition) is 5. The fourth-order valence-corrected chi connectivity index (χ4v) is 2.29. The van der Waals surface area contributed by atoms with Crippen molar-refractivity contribution in [3.8, 4) is 17.1 Å². The molecule has 0 spiro atoms. The molecule has 1 aliphatic rings. The number of nitrogens with zero attached hydrogens (tertiary/aromatic N) is 2. The van der Waals surface area contributed by atoms with Crippen molar-refractivity contribution in [3.63, 3.8) is 0 Å². The first-order chi connectivity index (χ1) is 10.8. The van der Waals surface area contributed by atoms with Crippen molar-refractivity contribution in [3.05, 3.63) is 42.0 Å². The molecule has 1 atom stereocenters. The number of methoxy groups -OCH3 is 1.